The zero-order valence-corrected chi connectivity index (χ0v) is 14.6. The van der Waals surface area contributed by atoms with Crippen LogP contribution in [0.2, 0.25) is 0 Å². The van der Waals surface area contributed by atoms with Crippen molar-refractivity contribution in [2.75, 3.05) is 13.2 Å². The number of sulfonamides is 1. The van der Waals surface area contributed by atoms with Gasteiger partial charge in [-0.05, 0) is 31.5 Å². The van der Waals surface area contributed by atoms with E-state index in [0.29, 0.717) is 29.9 Å². The molecule has 1 aliphatic heterocycles. The summed E-state index contributed by atoms with van der Waals surface area (Å²) in [5.74, 6) is 0.594. The third kappa shape index (κ3) is 3.17. The average molecular weight is 347 g/mol. The third-order valence-electron chi connectivity index (χ3n) is 4.34. The number of fused-ring (bicyclic) bond motifs is 1. The topological polar surface area (TPSA) is 75.6 Å². The van der Waals surface area contributed by atoms with Crippen molar-refractivity contribution in [2.45, 2.75) is 30.8 Å². The minimum Gasteiger partial charge on any atom is -0.493 e. The Kier molecular flexibility index (Phi) is 4.38. The summed E-state index contributed by atoms with van der Waals surface area (Å²) < 4.78 is 33.3. The quantitative estimate of drug-likeness (QED) is 0.889. The van der Waals surface area contributed by atoms with Crippen molar-refractivity contribution in [2.24, 2.45) is 0 Å². The molecule has 0 aliphatic carbocycles. The molecule has 1 unspecified atom stereocenters. The van der Waals surface area contributed by atoms with Gasteiger partial charge in [0.25, 0.3) is 0 Å². The second kappa shape index (κ2) is 6.20. The molecular formula is C18H21NO4S. The molecule has 0 spiro atoms. The maximum Gasteiger partial charge on any atom is 0.240 e. The Bertz CT molecular complexity index is 863. The lowest BCUT2D eigenvalue weighted by Crippen LogP contribution is -2.43. The zero-order chi connectivity index (χ0) is 17.4. The van der Waals surface area contributed by atoms with Crippen LogP contribution in [-0.4, -0.2) is 26.7 Å². The molecule has 5 nitrogen and oxygen atoms in total. The number of ether oxygens (including phenoxy) is 1. The van der Waals surface area contributed by atoms with Crippen LogP contribution in [0, 0.1) is 13.8 Å². The SMILES string of the molecule is Cc1ccc(S(=O)(=O)NCC2(O)CCOc3ccccc32)c(C)c1. The second-order valence-corrected chi connectivity index (χ2v) is 7.96. The maximum atomic E-state index is 12.6. The van der Waals surface area contributed by atoms with Gasteiger partial charge in [0.15, 0.2) is 0 Å². The number of hydrogen-bond donors (Lipinski definition) is 2. The first-order valence-electron chi connectivity index (χ1n) is 7.83. The fraction of sp³-hybridized carbons (Fsp3) is 0.333. The molecule has 1 aliphatic rings. The molecule has 3 rings (SSSR count). The summed E-state index contributed by atoms with van der Waals surface area (Å²) in [4.78, 5) is 0.233. The van der Waals surface area contributed by atoms with Crippen LogP contribution in [0.3, 0.4) is 0 Å². The standard InChI is InChI=1S/C18H21NO4S/c1-13-7-8-17(14(2)11-13)24(21,22)19-12-18(20)9-10-23-16-6-4-3-5-15(16)18/h3-8,11,19-20H,9-10,12H2,1-2H3. The molecule has 2 aromatic carbocycles. The number of para-hydroxylation sites is 1. The Balaban J connectivity index is 1.85. The Morgan fingerprint density at radius 2 is 1.96 bits per heavy atom. The van der Waals surface area contributed by atoms with E-state index in [4.69, 9.17) is 4.74 Å². The molecule has 0 saturated carbocycles. The van der Waals surface area contributed by atoms with Gasteiger partial charge in [-0.1, -0.05) is 35.9 Å². The summed E-state index contributed by atoms with van der Waals surface area (Å²) in [6.07, 6.45) is 0.333. The molecule has 0 bridgehead atoms. The molecule has 6 heteroatoms. The first-order chi connectivity index (χ1) is 11.3. The summed E-state index contributed by atoms with van der Waals surface area (Å²) in [5.41, 5.74) is 1.02. The number of benzene rings is 2. The minimum atomic E-state index is -3.70. The van der Waals surface area contributed by atoms with Crippen LogP contribution >= 0.6 is 0 Å². The Morgan fingerprint density at radius 3 is 2.71 bits per heavy atom. The fourth-order valence-corrected chi connectivity index (χ4v) is 4.33. The van der Waals surface area contributed by atoms with Gasteiger partial charge in [0.1, 0.15) is 11.4 Å². The van der Waals surface area contributed by atoms with Gasteiger partial charge in [0.2, 0.25) is 10.0 Å². The van der Waals surface area contributed by atoms with Crippen LogP contribution in [0.15, 0.2) is 47.4 Å². The first kappa shape index (κ1) is 17.0. The average Bonchev–Trinajstić information content (AvgIpc) is 2.53. The van der Waals surface area contributed by atoms with Gasteiger partial charge >= 0.3 is 0 Å². The number of aliphatic hydroxyl groups is 1. The molecule has 2 N–H and O–H groups in total. The highest BCUT2D eigenvalue weighted by Crippen LogP contribution is 2.36. The maximum absolute atomic E-state index is 12.6. The fourth-order valence-electron chi connectivity index (χ4n) is 3.02. The molecule has 24 heavy (non-hydrogen) atoms. The predicted molar refractivity (Wildman–Crippen MR) is 91.6 cm³/mol. The second-order valence-electron chi connectivity index (χ2n) is 6.22. The van der Waals surface area contributed by atoms with Gasteiger partial charge in [-0.15, -0.1) is 0 Å². The molecule has 0 radical (unpaired) electrons. The molecule has 128 valence electrons. The van der Waals surface area contributed by atoms with Crippen molar-refractivity contribution >= 4 is 10.0 Å². The number of nitrogens with one attached hydrogen (secondary N) is 1. The molecule has 1 heterocycles. The van der Waals surface area contributed by atoms with E-state index in [9.17, 15) is 13.5 Å². The van der Waals surface area contributed by atoms with E-state index in [1.807, 2.05) is 19.1 Å². The zero-order valence-electron chi connectivity index (χ0n) is 13.7. The van der Waals surface area contributed by atoms with Crippen LogP contribution in [-0.2, 0) is 15.6 Å². The van der Waals surface area contributed by atoms with Crippen molar-refractivity contribution < 1.29 is 18.3 Å². The lowest BCUT2D eigenvalue weighted by molar-refractivity contribution is 0.00219. The molecule has 2 aromatic rings. The first-order valence-corrected chi connectivity index (χ1v) is 9.32. The van der Waals surface area contributed by atoms with Crippen molar-refractivity contribution in [1.82, 2.24) is 4.72 Å². The van der Waals surface area contributed by atoms with Crippen molar-refractivity contribution in [3.8, 4) is 5.75 Å². The minimum absolute atomic E-state index is 0.0942. The Hall–Kier alpha value is -1.89. The van der Waals surface area contributed by atoms with E-state index in [1.165, 1.54) is 0 Å². The summed E-state index contributed by atoms with van der Waals surface area (Å²) in [6, 6.07) is 12.3. The normalized spacial score (nSPS) is 20.3. The van der Waals surface area contributed by atoms with E-state index >= 15 is 0 Å². The summed E-state index contributed by atoms with van der Waals surface area (Å²) in [5, 5.41) is 10.9. The van der Waals surface area contributed by atoms with Crippen LogP contribution in [0.4, 0.5) is 0 Å². The lowest BCUT2D eigenvalue weighted by Gasteiger charge is -2.34. The highest BCUT2D eigenvalue weighted by molar-refractivity contribution is 7.89. The van der Waals surface area contributed by atoms with Gasteiger partial charge in [-0.3, -0.25) is 0 Å². The van der Waals surface area contributed by atoms with Crippen LogP contribution in [0.25, 0.3) is 0 Å². The summed E-state index contributed by atoms with van der Waals surface area (Å²) in [6.45, 7) is 3.93. The summed E-state index contributed by atoms with van der Waals surface area (Å²) >= 11 is 0. The van der Waals surface area contributed by atoms with Gasteiger partial charge in [-0.2, -0.15) is 0 Å². The van der Waals surface area contributed by atoms with E-state index in [-0.39, 0.29) is 11.4 Å². The molecule has 0 amide bonds. The smallest absolute Gasteiger partial charge is 0.240 e. The van der Waals surface area contributed by atoms with Crippen LogP contribution < -0.4 is 9.46 Å². The molecule has 0 saturated heterocycles. The highest BCUT2D eigenvalue weighted by atomic mass is 32.2. The number of hydrogen-bond acceptors (Lipinski definition) is 4. The molecule has 0 aromatic heterocycles. The van der Waals surface area contributed by atoms with Crippen LogP contribution in [0.1, 0.15) is 23.1 Å². The molecular weight excluding hydrogens is 326 g/mol. The van der Waals surface area contributed by atoms with E-state index in [2.05, 4.69) is 4.72 Å². The predicted octanol–water partition coefficient (Wildman–Crippen LogP) is 2.25. The van der Waals surface area contributed by atoms with Crippen molar-refractivity contribution in [3.05, 3.63) is 59.2 Å². The van der Waals surface area contributed by atoms with E-state index < -0.39 is 15.6 Å². The number of rotatable bonds is 4. The highest BCUT2D eigenvalue weighted by Gasteiger charge is 2.36. The Morgan fingerprint density at radius 1 is 1.21 bits per heavy atom. The van der Waals surface area contributed by atoms with Crippen molar-refractivity contribution in [1.29, 1.82) is 0 Å². The van der Waals surface area contributed by atoms with Crippen LogP contribution in [0.5, 0.6) is 5.75 Å². The van der Waals surface area contributed by atoms with Gasteiger partial charge in [0.05, 0.1) is 11.5 Å². The Labute approximate surface area is 142 Å². The largest absolute Gasteiger partial charge is 0.493 e. The third-order valence-corrected chi connectivity index (χ3v) is 5.90. The van der Waals surface area contributed by atoms with Crippen molar-refractivity contribution in [3.63, 3.8) is 0 Å². The molecule has 0 fully saturated rings. The number of aryl methyl sites for hydroxylation is 2. The molecule has 1 atom stereocenters. The monoisotopic (exact) mass is 347 g/mol. The van der Waals surface area contributed by atoms with E-state index in [0.717, 1.165) is 5.56 Å². The van der Waals surface area contributed by atoms with Gasteiger partial charge in [-0.25, -0.2) is 13.1 Å². The lowest BCUT2D eigenvalue weighted by atomic mass is 9.88. The van der Waals surface area contributed by atoms with Gasteiger partial charge < -0.3 is 9.84 Å². The summed E-state index contributed by atoms with van der Waals surface area (Å²) in [7, 11) is -3.70. The van der Waals surface area contributed by atoms with E-state index in [1.54, 1.807) is 37.3 Å². The van der Waals surface area contributed by atoms with Gasteiger partial charge in [0, 0.05) is 18.5 Å².